The minimum atomic E-state index is -0.390. The summed E-state index contributed by atoms with van der Waals surface area (Å²) < 4.78 is 23.3. The molecule has 114 heavy (non-hydrogen) atoms. The smallest absolute Gasteiger partial charge is 0.155 e. The average molecular weight is 1500 g/mol. The molecule has 21 aromatic rings. The van der Waals surface area contributed by atoms with Gasteiger partial charge in [-0.05, 0) is 190 Å². The number of furan rings is 2. The molecule has 6 aromatic heterocycles. The largest absolute Gasteiger partial charge is 0.456 e. The summed E-state index contributed by atoms with van der Waals surface area (Å²) in [6, 6.07) is 117. The number of thiophene rings is 2. The van der Waals surface area contributed by atoms with Gasteiger partial charge in [0.25, 0.3) is 0 Å². The maximum absolute atomic E-state index is 6.71. The van der Waals surface area contributed by atoms with E-state index >= 15 is 0 Å². The van der Waals surface area contributed by atoms with Gasteiger partial charge in [-0.15, -0.1) is 22.7 Å². The molecule has 0 amide bonds. The lowest BCUT2D eigenvalue weighted by atomic mass is 10.00. The number of amidine groups is 3. The third-order valence-electron chi connectivity index (χ3n) is 23.6. The van der Waals surface area contributed by atoms with Crippen LogP contribution < -0.4 is 16.0 Å². The summed E-state index contributed by atoms with van der Waals surface area (Å²) in [5.74, 6) is 2.40. The fraction of sp³-hybridized carbons (Fsp3) is 0.0490. The molecule has 24 rings (SSSR count). The molecule has 3 atom stereocenters. The molecule has 0 saturated carbocycles. The van der Waals surface area contributed by atoms with Crippen molar-refractivity contribution >= 4 is 168 Å². The van der Waals surface area contributed by atoms with Gasteiger partial charge in [0, 0.05) is 95.5 Å². The monoisotopic (exact) mass is 1500 g/mol. The fourth-order valence-corrected chi connectivity index (χ4v) is 20.2. The fourth-order valence-electron chi connectivity index (χ4n) is 17.9. The number of nitrogens with zero attached hydrogens (tertiary/aromatic N) is 5. The van der Waals surface area contributed by atoms with Crippen LogP contribution >= 0.6 is 22.7 Å². The van der Waals surface area contributed by atoms with Gasteiger partial charge < -0.3 is 28.6 Å². The van der Waals surface area contributed by atoms with Gasteiger partial charge in [-0.2, -0.15) is 0 Å². The summed E-state index contributed by atoms with van der Waals surface area (Å²) in [5.41, 5.74) is 23.7. The summed E-state index contributed by atoms with van der Waals surface area (Å²) in [7, 11) is 0. The number of fused-ring (bicyclic) bond motifs is 18. The Bertz CT molecular complexity index is 7740. The number of para-hydroxylation sites is 3. The van der Waals surface area contributed by atoms with Crippen LogP contribution in [0.4, 0.5) is 0 Å². The summed E-state index contributed by atoms with van der Waals surface area (Å²) in [6.07, 6.45) is 7.53. The molecular weight excluding hydrogens is 1430 g/mol. The highest BCUT2D eigenvalue weighted by Gasteiger charge is 2.29. The molecule has 15 aromatic carbocycles. The predicted octanol–water partition coefficient (Wildman–Crippen LogP) is 26.5. The molecule has 8 heterocycles. The topological polar surface area (TPSA) is 109 Å². The number of aromatic nitrogens is 2. The summed E-state index contributed by atoms with van der Waals surface area (Å²) in [6.45, 7) is 0. The van der Waals surface area contributed by atoms with Crippen molar-refractivity contribution in [1.29, 1.82) is 0 Å². The zero-order valence-electron chi connectivity index (χ0n) is 61.3. The van der Waals surface area contributed by atoms with E-state index in [4.69, 9.17) is 23.8 Å². The molecule has 12 heteroatoms. The quantitative estimate of drug-likeness (QED) is 0.120. The van der Waals surface area contributed by atoms with E-state index in [1.165, 1.54) is 84.1 Å². The number of rotatable bonds is 11. The highest BCUT2D eigenvalue weighted by atomic mass is 32.1. The first-order valence-electron chi connectivity index (χ1n) is 38.9. The Balaban J connectivity index is 0.505. The van der Waals surface area contributed by atoms with Crippen LogP contribution in [0.5, 0.6) is 0 Å². The minimum absolute atomic E-state index is 0.189. The van der Waals surface area contributed by atoms with E-state index in [0.717, 1.165) is 152 Å². The molecule has 0 bridgehead atoms. The van der Waals surface area contributed by atoms with Gasteiger partial charge in [0.05, 0.1) is 32.5 Å². The SMILES string of the molecule is C1=CCCC(C2=NC(c3ccc4oc5cc(-c6ccc7sc8cc(-n9c%10ccccc%10c%10ccccc%109)ccc8c7c6)ccc5c4c3)NC(c3ccc(-c4ccc5c(c4)c4ccccc4n5-c4cccc5c4sc4ccc(-c6ccc7c(c6)oc6ccc(C8NC(c9ccccc9)=NC(c9ccccc9)N8)cc67)cc45)cc3)=N2)=C1. The van der Waals surface area contributed by atoms with E-state index < -0.39 is 0 Å². The van der Waals surface area contributed by atoms with Crippen LogP contribution in [0.3, 0.4) is 0 Å². The van der Waals surface area contributed by atoms with Crippen LogP contribution in [0.25, 0.3) is 173 Å². The molecule has 1 aliphatic carbocycles. The van der Waals surface area contributed by atoms with Crippen molar-refractivity contribution in [3.8, 4) is 44.8 Å². The predicted molar refractivity (Wildman–Crippen MR) is 476 cm³/mol. The van der Waals surface area contributed by atoms with Crippen LogP contribution in [-0.2, 0) is 0 Å². The Morgan fingerprint density at radius 3 is 1.60 bits per heavy atom. The minimum Gasteiger partial charge on any atom is -0.456 e. The number of aliphatic imine (C=N–C) groups is 3. The van der Waals surface area contributed by atoms with Crippen molar-refractivity contribution in [3.05, 3.63) is 373 Å². The van der Waals surface area contributed by atoms with Crippen LogP contribution in [-0.4, -0.2) is 26.6 Å². The van der Waals surface area contributed by atoms with Crippen LogP contribution in [0, 0.1) is 0 Å². The van der Waals surface area contributed by atoms with Crippen molar-refractivity contribution in [2.45, 2.75) is 31.3 Å². The van der Waals surface area contributed by atoms with Crippen molar-refractivity contribution in [1.82, 2.24) is 25.1 Å². The van der Waals surface area contributed by atoms with Gasteiger partial charge in [0.2, 0.25) is 0 Å². The first-order valence-corrected chi connectivity index (χ1v) is 40.5. The highest BCUT2D eigenvalue weighted by molar-refractivity contribution is 7.26. The Morgan fingerprint density at radius 1 is 0.333 bits per heavy atom. The zero-order valence-corrected chi connectivity index (χ0v) is 63.0. The first-order chi connectivity index (χ1) is 56.4. The lowest BCUT2D eigenvalue weighted by Gasteiger charge is -2.32. The summed E-state index contributed by atoms with van der Waals surface area (Å²) in [4.78, 5) is 15.8. The molecule has 0 radical (unpaired) electrons. The highest BCUT2D eigenvalue weighted by Crippen LogP contribution is 2.46. The molecular formula is C102H66N8O2S2. The molecule has 2 aliphatic heterocycles. The molecule has 538 valence electrons. The van der Waals surface area contributed by atoms with Gasteiger partial charge in [0.15, 0.2) is 5.84 Å². The Labute approximate surface area is 661 Å². The molecule has 3 aliphatic rings. The van der Waals surface area contributed by atoms with Crippen molar-refractivity contribution in [2.75, 3.05) is 0 Å². The molecule has 3 unspecified atom stereocenters. The molecule has 3 N–H and O–H groups in total. The second-order valence-electron chi connectivity index (χ2n) is 30.1. The van der Waals surface area contributed by atoms with E-state index in [-0.39, 0.29) is 18.5 Å². The standard InChI is InChI=1S/C102H66N8O2S2/c1-4-17-60(18-5-1)97-103-98(61-19-6-2-7-20-61)106-101(105-97)69-38-47-89-80(54-69)76-44-36-68(57-92(76)112-89)66-41-50-94-83(53-66)78-26-16-30-88(96(78)114-94)110-86-29-15-12-25-74(86)79-51-64(37-46-87(79)110)59-31-33-63(34-32-59)100-104-99(62-21-8-3-9-22-62)107-102(108-100)70-39-48-90-81(55-70)75-43-35-67(56-91(75)111-90)65-40-49-93-82(52-65)77-45-42-71(58-95(77)113-93)109-84-27-13-10-23-72(84)73-24-11-14-28-85(73)109/h1-8,10-21,23-58,97,101-102,105H,9,22H2,(H,103,106)(H,104,107,108). The van der Waals surface area contributed by atoms with Crippen molar-refractivity contribution < 1.29 is 8.83 Å². The van der Waals surface area contributed by atoms with Gasteiger partial charge in [-0.1, -0.05) is 218 Å². The molecule has 10 nitrogen and oxygen atoms in total. The number of hydrogen-bond acceptors (Lipinski definition) is 10. The van der Waals surface area contributed by atoms with E-state index in [2.05, 4.69) is 353 Å². The normalized spacial score (nSPS) is 16.0. The lowest BCUT2D eigenvalue weighted by molar-refractivity contribution is 0.409. The van der Waals surface area contributed by atoms with Crippen LogP contribution in [0.2, 0.25) is 0 Å². The van der Waals surface area contributed by atoms with E-state index in [1.807, 2.05) is 34.8 Å². The number of nitrogens with one attached hydrogen (secondary N) is 3. The Morgan fingerprint density at radius 2 is 0.886 bits per heavy atom. The molecule has 0 fully saturated rings. The van der Waals surface area contributed by atoms with Gasteiger partial charge in [0.1, 0.15) is 52.5 Å². The van der Waals surface area contributed by atoms with Crippen LogP contribution in [0.1, 0.15) is 59.2 Å². The third kappa shape index (κ3) is 10.6. The second kappa shape index (κ2) is 25.8. The van der Waals surface area contributed by atoms with E-state index in [0.29, 0.717) is 0 Å². The number of benzene rings is 15. The Kier molecular flexibility index (Phi) is 14.7. The molecule has 0 spiro atoms. The maximum atomic E-state index is 6.71. The number of allylic oxidation sites excluding steroid dienone is 3. The van der Waals surface area contributed by atoms with E-state index in [9.17, 15) is 0 Å². The van der Waals surface area contributed by atoms with Gasteiger partial charge >= 0.3 is 0 Å². The van der Waals surface area contributed by atoms with Crippen LogP contribution in [0.15, 0.2) is 369 Å². The van der Waals surface area contributed by atoms with E-state index in [1.54, 1.807) is 0 Å². The van der Waals surface area contributed by atoms with Crippen molar-refractivity contribution in [3.63, 3.8) is 0 Å². The maximum Gasteiger partial charge on any atom is 0.155 e. The summed E-state index contributed by atoms with van der Waals surface area (Å²) in [5, 5.41) is 25.5. The summed E-state index contributed by atoms with van der Waals surface area (Å²) >= 11 is 3.71. The van der Waals surface area contributed by atoms with Gasteiger partial charge in [-0.25, -0.2) is 15.0 Å². The second-order valence-corrected chi connectivity index (χ2v) is 32.3. The lowest BCUT2D eigenvalue weighted by Crippen LogP contribution is -2.44. The van der Waals surface area contributed by atoms with Gasteiger partial charge in [-0.3, -0.25) is 5.32 Å². The first kappa shape index (κ1) is 64.8. The number of hydrogen-bond donors (Lipinski definition) is 3. The van der Waals surface area contributed by atoms with Crippen molar-refractivity contribution in [2.24, 2.45) is 15.0 Å². The third-order valence-corrected chi connectivity index (χ3v) is 25.9. The molecule has 0 saturated heterocycles. The zero-order chi connectivity index (χ0) is 74.6. The Hall–Kier alpha value is -14.0. The average Bonchev–Trinajstić information content (AvgIpc) is 1.58.